The smallest absolute Gasteiger partial charge is 0.337 e. The van der Waals surface area contributed by atoms with Crippen LogP contribution in [0.25, 0.3) is 0 Å². The highest BCUT2D eigenvalue weighted by molar-refractivity contribution is 5.94. The fourth-order valence-corrected chi connectivity index (χ4v) is 1.61. The second-order valence-electron chi connectivity index (χ2n) is 4.02. The van der Waals surface area contributed by atoms with Crippen molar-refractivity contribution in [3.8, 4) is 0 Å². The zero-order valence-corrected chi connectivity index (χ0v) is 10.4. The Balaban J connectivity index is 1.96. The number of aromatic nitrogens is 2. The van der Waals surface area contributed by atoms with E-state index in [0.29, 0.717) is 30.4 Å². The second-order valence-corrected chi connectivity index (χ2v) is 4.02. The molecule has 0 amide bonds. The fraction of sp³-hybridized carbons (Fsp3) is 0.250. The highest BCUT2D eigenvalue weighted by atomic mass is 16.5. The maximum absolute atomic E-state index is 10.9. The van der Waals surface area contributed by atoms with Crippen molar-refractivity contribution < 1.29 is 14.4 Å². The van der Waals surface area contributed by atoms with Crippen LogP contribution in [0.5, 0.6) is 0 Å². The summed E-state index contributed by atoms with van der Waals surface area (Å²) < 4.78 is 4.97. The van der Waals surface area contributed by atoms with E-state index in [1.807, 2.05) is 0 Å². The molecular weight excluding hydrogens is 248 g/mol. The lowest BCUT2D eigenvalue weighted by molar-refractivity contribution is 0.0698. The van der Waals surface area contributed by atoms with Crippen molar-refractivity contribution in [1.82, 2.24) is 10.1 Å². The summed E-state index contributed by atoms with van der Waals surface area (Å²) in [6.45, 7) is 2.31. The molecule has 4 N–H and O–H groups in total. The molecule has 0 atom stereocenters. The predicted octanol–water partition coefficient (Wildman–Crippen LogP) is 1.31. The second kappa shape index (κ2) is 5.38. The van der Waals surface area contributed by atoms with E-state index in [4.69, 9.17) is 15.4 Å². The van der Waals surface area contributed by atoms with Crippen molar-refractivity contribution in [2.24, 2.45) is 0 Å². The van der Waals surface area contributed by atoms with Gasteiger partial charge in [-0.1, -0.05) is 5.16 Å². The van der Waals surface area contributed by atoms with Crippen LogP contribution in [-0.2, 0) is 6.42 Å². The molecule has 0 saturated heterocycles. The molecule has 7 heteroatoms. The number of nitrogens with one attached hydrogen (secondary N) is 1. The molecule has 1 aromatic carbocycles. The van der Waals surface area contributed by atoms with Crippen LogP contribution in [0.1, 0.15) is 22.1 Å². The van der Waals surface area contributed by atoms with Crippen LogP contribution >= 0.6 is 0 Å². The van der Waals surface area contributed by atoms with Crippen LogP contribution in [0.2, 0.25) is 0 Å². The third-order valence-electron chi connectivity index (χ3n) is 2.52. The van der Waals surface area contributed by atoms with Crippen LogP contribution in [0, 0.1) is 6.92 Å². The number of aryl methyl sites for hydroxylation is 1. The molecular formula is C12H14N4O3. The van der Waals surface area contributed by atoms with E-state index in [1.165, 1.54) is 6.07 Å². The van der Waals surface area contributed by atoms with Crippen molar-refractivity contribution in [2.45, 2.75) is 13.3 Å². The van der Waals surface area contributed by atoms with Gasteiger partial charge in [0.2, 0.25) is 5.89 Å². The first kappa shape index (κ1) is 12.9. The van der Waals surface area contributed by atoms with Crippen molar-refractivity contribution in [2.75, 3.05) is 17.6 Å². The van der Waals surface area contributed by atoms with Gasteiger partial charge in [-0.3, -0.25) is 0 Å². The first-order valence-corrected chi connectivity index (χ1v) is 5.72. The van der Waals surface area contributed by atoms with Crippen LogP contribution in [0.15, 0.2) is 22.7 Å². The molecule has 0 saturated carbocycles. The molecule has 0 spiro atoms. The largest absolute Gasteiger partial charge is 0.478 e. The monoisotopic (exact) mass is 262 g/mol. The number of nitrogens with zero attached hydrogens (tertiary/aromatic N) is 2. The molecule has 2 aromatic rings. The average molecular weight is 262 g/mol. The summed E-state index contributed by atoms with van der Waals surface area (Å²) in [6, 6.07) is 4.78. The number of carboxylic acids is 1. The van der Waals surface area contributed by atoms with Gasteiger partial charge in [-0.25, -0.2) is 4.79 Å². The maximum atomic E-state index is 10.9. The van der Waals surface area contributed by atoms with Gasteiger partial charge in [0.05, 0.1) is 5.56 Å². The van der Waals surface area contributed by atoms with E-state index in [-0.39, 0.29) is 11.3 Å². The molecule has 1 aromatic heterocycles. The summed E-state index contributed by atoms with van der Waals surface area (Å²) in [5.74, 6) is 0.0863. The van der Waals surface area contributed by atoms with Crippen molar-refractivity contribution in [1.29, 1.82) is 0 Å². The van der Waals surface area contributed by atoms with E-state index in [0.717, 1.165) is 0 Å². The number of hydrogen-bond donors (Lipinski definition) is 3. The number of anilines is 2. The molecule has 0 aliphatic carbocycles. The Bertz CT molecular complexity index is 594. The minimum absolute atomic E-state index is 0.0821. The highest BCUT2D eigenvalue weighted by Crippen LogP contribution is 2.17. The Hall–Kier alpha value is -2.57. The zero-order valence-electron chi connectivity index (χ0n) is 10.4. The van der Waals surface area contributed by atoms with Gasteiger partial charge in [0, 0.05) is 24.3 Å². The number of hydrogen-bond acceptors (Lipinski definition) is 6. The molecule has 0 aliphatic rings. The van der Waals surface area contributed by atoms with Crippen molar-refractivity contribution >= 4 is 17.3 Å². The number of carboxylic acid groups (broad SMARTS) is 1. The summed E-state index contributed by atoms with van der Waals surface area (Å²) in [5, 5.41) is 15.7. The van der Waals surface area contributed by atoms with Crippen LogP contribution in [-0.4, -0.2) is 27.8 Å². The van der Waals surface area contributed by atoms with E-state index in [1.54, 1.807) is 19.1 Å². The molecule has 0 fully saturated rings. The Morgan fingerprint density at radius 2 is 2.32 bits per heavy atom. The number of aromatic carboxylic acids is 1. The molecule has 7 nitrogen and oxygen atoms in total. The van der Waals surface area contributed by atoms with Gasteiger partial charge in [-0.05, 0) is 25.1 Å². The van der Waals surface area contributed by atoms with E-state index < -0.39 is 5.97 Å². The fourth-order valence-electron chi connectivity index (χ4n) is 1.61. The van der Waals surface area contributed by atoms with Gasteiger partial charge in [0.25, 0.3) is 0 Å². The van der Waals surface area contributed by atoms with Gasteiger partial charge in [0.15, 0.2) is 5.82 Å². The Morgan fingerprint density at radius 1 is 1.53 bits per heavy atom. The van der Waals surface area contributed by atoms with Gasteiger partial charge < -0.3 is 20.7 Å². The van der Waals surface area contributed by atoms with E-state index in [2.05, 4.69) is 15.5 Å². The van der Waals surface area contributed by atoms with Crippen LogP contribution in [0.3, 0.4) is 0 Å². The maximum Gasteiger partial charge on any atom is 0.337 e. The Labute approximate surface area is 109 Å². The lowest BCUT2D eigenvalue weighted by Crippen LogP contribution is -2.08. The third kappa shape index (κ3) is 3.21. The number of rotatable bonds is 5. The van der Waals surface area contributed by atoms with Gasteiger partial charge in [0.1, 0.15) is 0 Å². The Kier molecular flexibility index (Phi) is 3.65. The number of benzene rings is 1. The number of nitrogens with two attached hydrogens (primary N) is 1. The predicted molar refractivity (Wildman–Crippen MR) is 69.0 cm³/mol. The summed E-state index contributed by atoms with van der Waals surface area (Å²) >= 11 is 0. The summed E-state index contributed by atoms with van der Waals surface area (Å²) in [5.41, 5.74) is 6.58. The van der Waals surface area contributed by atoms with Crippen LogP contribution < -0.4 is 11.1 Å². The first-order valence-electron chi connectivity index (χ1n) is 5.72. The number of nitrogen functional groups attached to an aromatic ring is 1. The average Bonchev–Trinajstić information content (AvgIpc) is 2.77. The molecule has 0 radical (unpaired) electrons. The molecule has 0 unspecified atom stereocenters. The molecule has 2 rings (SSSR count). The lowest BCUT2D eigenvalue weighted by atomic mass is 10.1. The molecule has 0 bridgehead atoms. The van der Waals surface area contributed by atoms with Crippen LogP contribution in [0.4, 0.5) is 11.4 Å². The summed E-state index contributed by atoms with van der Waals surface area (Å²) in [7, 11) is 0. The summed E-state index contributed by atoms with van der Waals surface area (Å²) in [6.07, 6.45) is 0.563. The van der Waals surface area contributed by atoms with Gasteiger partial charge >= 0.3 is 5.97 Å². The third-order valence-corrected chi connectivity index (χ3v) is 2.52. The zero-order chi connectivity index (χ0) is 13.8. The normalized spacial score (nSPS) is 10.4. The minimum atomic E-state index is -1.05. The summed E-state index contributed by atoms with van der Waals surface area (Å²) in [4.78, 5) is 15.0. The van der Waals surface area contributed by atoms with Crippen molar-refractivity contribution in [3.63, 3.8) is 0 Å². The lowest BCUT2D eigenvalue weighted by Gasteiger charge is -2.07. The van der Waals surface area contributed by atoms with E-state index >= 15 is 0 Å². The highest BCUT2D eigenvalue weighted by Gasteiger charge is 2.08. The molecule has 1 heterocycles. The topological polar surface area (TPSA) is 114 Å². The van der Waals surface area contributed by atoms with Gasteiger partial charge in [-0.2, -0.15) is 4.98 Å². The quantitative estimate of drug-likeness (QED) is 0.696. The minimum Gasteiger partial charge on any atom is -0.478 e. The molecule has 0 aliphatic heterocycles. The Morgan fingerprint density at radius 3 is 2.95 bits per heavy atom. The molecule has 100 valence electrons. The first-order chi connectivity index (χ1) is 9.06. The van der Waals surface area contributed by atoms with Crippen molar-refractivity contribution in [3.05, 3.63) is 35.5 Å². The standard InChI is InChI=1S/C12H14N4O3/c1-7-15-11(19-16-7)4-5-14-8-2-3-10(13)9(6-8)12(17)18/h2-3,6,14H,4-5,13H2,1H3,(H,17,18). The SMILES string of the molecule is Cc1noc(CCNc2ccc(N)c(C(=O)O)c2)n1. The molecule has 19 heavy (non-hydrogen) atoms. The number of carbonyl (C=O) groups is 1. The van der Waals surface area contributed by atoms with Gasteiger partial charge in [-0.15, -0.1) is 0 Å². The van der Waals surface area contributed by atoms with E-state index in [9.17, 15) is 4.79 Å².